The van der Waals surface area contributed by atoms with Gasteiger partial charge in [0.05, 0.1) is 23.0 Å². The summed E-state index contributed by atoms with van der Waals surface area (Å²) in [6.07, 6.45) is 2.62. The lowest BCUT2D eigenvalue weighted by molar-refractivity contribution is 0.599. The molecular formula is C14H18ClN3. The second-order valence-electron chi connectivity index (χ2n) is 4.22. The van der Waals surface area contributed by atoms with Gasteiger partial charge in [0.1, 0.15) is 0 Å². The Bertz CT molecular complexity index is 534. The number of halogens is 1. The molecule has 0 radical (unpaired) electrons. The molecule has 0 aliphatic carbocycles. The summed E-state index contributed by atoms with van der Waals surface area (Å²) in [5.74, 6) is 0. The van der Waals surface area contributed by atoms with Crippen molar-refractivity contribution < 1.29 is 0 Å². The fourth-order valence-electron chi connectivity index (χ4n) is 2.24. The van der Waals surface area contributed by atoms with Gasteiger partial charge in [0, 0.05) is 6.54 Å². The molecule has 1 unspecified atom stereocenters. The van der Waals surface area contributed by atoms with Crippen molar-refractivity contribution in [2.24, 2.45) is 5.73 Å². The number of aromatic nitrogens is 2. The van der Waals surface area contributed by atoms with Crippen LogP contribution in [-0.4, -0.2) is 9.78 Å². The van der Waals surface area contributed by atoms with Crippen molar-refractivity contribution in [2.45, 2.75) is 32.9 Å². The zero-order valence-corrected chi connectivity index (χ0v) is 11.5. The molecule has 96 valence electrons. The topological polar surface area (TPSA) is 43.8 Å². The monoisotopic (exact) mass is 263 g/mol. The van der Waals surface area contributed by atoms with Gasteiger partial charge >= 0.3 is 0 Å². The minimum absolute atomic E-state index is 0.226. The van der Waals surface area contributed by atoms with Gasteiger partial charge in [0.15, 0.2) is 0 Å². The number of nitrogens with zero attached hydrogens (tertiary/aromatic N) is 2. The second kappa shape index (κ2) is 5.55. The van der Waals surface area contributed by atoms with Gasteiger partial charge in [0.2, 0.25) is 0 Å². The lowest BCUT2D eigenvalue weighted by Crippen LogP contribution is -2.19. The molecule has 1 heterocycles. The number of hydrogen-bond donors (Lipinski definition) is 1. The fourth-order valence-corrected chi connectivity index (χ4v) is 2.50. The molecule has 0 saturated heterocycles. The molecule has 0 aliphatic heterocycles. The molecule has 2 aromatic rings. The largest absolute Gasteiger partial charge is 0.319 e. The first-order valence-corrected chi connectivity index (χ1v) is 6.61. The van der Waals surface area contributed by atoms with Gasteiger partial charge in [-0.1, -0.05) is 42.8 Å². The van der Waals surface area contributed by atoms with E-state index in [0.29, 0.717) is 5.02 Å². The summed E-state index contributed by atoms with van der Waals surface area (Å²) in [7, 11) is 0. The summed E-state index contributed by atoms with van der Waals surface area (Å²) in [4.78, 5) is 0. The molecule has 0 bridgehead atoms. The molecule has 4 heteroatoms. The van der Waals surface area contributed by atoms with Crippen LogP contribution in [-0.2, 0) is 13.0 Å². The highest BCUT2D eigenvalue weighted by atomic mass is 35.5. The van der Waals surface area contributed by atoms with Crippen LogP contribution in [0.15, 0.2) is 30.5 Å². The zero-order chi connectivity index (χ0) is 13.1. The normalized spacial score (nSPS) is 12.7. The minimum atomic E-state index is -0.226. The Labute approximate surface area is 113 Å². The summed E-state index contributed by atoms with van der Waals surface area (Å²) in [6, 6.07) is 7.99. The molecule has 0 aliphatic rings. The standard InChI is InChI=1S/C14H18ClN3/c1-3-10-7-5-6-8-11(10)13(16)14-12(15)9-17-18(14)4-2/h5-9,13H,3-4,16H2,1-2H3. The van der Waals surface area contributed by atoms with Crippen LogP contribution in [0.3, 0.4) is 0 Å². The molecule has 1 atom stereocenters. The first-order valence-electron chi connectivity index (χ1n) is 6.23. The van der Waals surface area contributed by atoms with Gasteiger partial charge in [-0.25, -0.2) is 0 Å². The van der Waals surface area contributed by atoms with Crippen molar-refractivity contribution >= 4 is 11.6 Å². The Hall–Kier alpha value is -1.32. The van der Waals surface area contributed by atoms with Crippen molar-refractivity contribution in [3.8, 4) is 0 Å². The van der Waals surface area contributed by atoms with Crippen molar-refractivity contribution in [3.63, 3.8) is 0 Å². The maximum Gasteiger partial charge on any atom is 0.0837 e. The molecule has 1 aromatic heterocycles. The van der Waals surface area contributed by atoms with Crippen LogP contribution in [0.4, 0.5) is 0 Å². The molecule has 2 rings (SSSR count). The highest BCUT2D eigenvalue weighted by molar-refractivity contribution is 6.31. The van der Waals surface area contributed by atoms with Gasteiger partial charge in [-0.3, -0.25) is 4.68 Å². The quantitative estimate of drug-likeness (QED) is 0.921. The van der Waals surface area contributed by atoms with E-state index in [1.54, 1.807) is 6.20 Å². The van der Waals surface area contributed by atoms with E-state index in [1.807, 2.05) is 23.7 Å². The summed E-state index contributed by atoms with van der Waals surface area (Å²) in [5.41, 5.74) is 9.63. The third-order valence-electron chi connectivity index (χ3n) is 3.20. The number of hydrogen-bond acceptors (Lipinski definition) is 2. The number of rotatable bonds is 4. The average Bonchev–Trinajstić information content (AvgIpc) is 2.79. The van der Waals surface area contributed by atoms with Crippen LogP contribution >= 0.6 is 11.6 Å². The lowest BCUT2D eigenvalue weighted by atomic mass is 9.97. The Morgan fingerprint density at radius 2 is 2.06 bits per heavy atom. The molecule has 0 amide bonds. The van der Waals surface area contributed by atoms with E-state index in [0.717, 1.165) is 24.2 Å². The SMILES string of the molecule is CCc1ccccc1C(N)c1c(Cl)cnn1CC. The van der Waals surface area contributed by atoms with Crippen molar-refractivity contribution in [1.29, 1.82) is 0 Å². The molecule has 18 heavy (non-hydrogen) atoms. The Kier molecular flexibility index (Phi) is 4.04. The lowest BCUT2D eigenvalue weighted by Gasteiger charge is -2.17. The van der Waals surface area contributed by atoms with Gasteiger partial charge in [-0.05, 0) is 24.5 Å². The van der Waals surface area contributed by atoms with Gasteiger partial charge < -0.3 is 5.73 Å². The van der Waals surface area contributed by atoms with Gasteiger partial charge in [-0.15, -0.1) is 0 Å². The number of nitrogens with two attached hydrogens (primary N) is 1. The van der Waals surface area contributed by atoms with E-state index in [9.17, 15) is 0 Å². The third-order valence-corrected chi connectivity index (χ3v) is 3.49. The van der Waals surface area contributed by atoms with Crippen LogP contribution in [0, 0.1) is 0 Å². The van der Waals surface area contributed by atoms with E-state index in [2.05, 4.69) is 24.2 Å². The smallest absolute Gasteiger partial charge is 0.0837 e. The zero-order valence-electron chi connectivity index (χ0n) is 10.7. The summed E-state index contributed by atoms with van der Waals surface area (Å²) in [6.45, 7) is 4.93. The molecular weight excluding hydrogens is 246 g/mol. The first-order chi connectivity index (χ1) is 8.69. The number of benzene rings is 1. The summed E-state index contributed by atoms with van der Waals surface area (Å²) >= 11 is 6.20. The molecule has 2 N–H and O–H groups in total. The molecule has 0 spiro atoms. The van der Waals surface area contributed by atoms with Crippen LogP contribution in [0.5, 0.6) is 0 Å². The second-order valence-corrected chi connectivity index (χ2v) is 4.63. The van der Waals surface area contributed by atoms with E-state index < -0.39 is 0 Å². The minimum Gasteiger partial charge on any atom is -0.319 e. The Balaban J connectivity index is 2.47. The van der Waals surface area contributed by atoms with Gasteiger partial charge in [-0.2, -0.15) is 5.10 Å². The van der Waals surface area contributed by atoms with Crippen molar-refractivity contribution in [1.82, 2.24) is 9.78 Å². The highest BCUT2D eigenvalue weighted by Crippen LogP contribution is 2.28. The third kappa shape index (κ3) is 2.28. The summed E-state index contributed by atoms with van der Waals surface area (Å²) < 4.78 is 1.86. The predicted octanol–water partition coefficient (Wildman–Crippen LogP) is 3.17. The van der Waals surface area contributed by atoms with E-state index in [1.165, 1.54) is 5.56 Å². The van der Waals surface area contributed by atoms with E-state index in [-0.39, 0.29) is 6.04 Å². The molecule has 1 aromatic carbocycles. The van der Waals surface area contributed by atoms with Crippen LogP contribution in [0.2, 0.25) is 5.02 Å². The molecule has 0 fully saturated rings. The highest BCUT2D eigenvalue weighted by Gasteiger charge is 2.19. The van der Waals surface area contributed by atoms with Crippen molar-refractivity contribution in [2.75, 3.05) is 0 Å². The van der Waals surface area contributed by atoms with E-state index >= 15 is 0 Å². The summed E-state index contributed by atoms with van der Waals surface area (Å²) in [5, 5.41) is 4.88. The average molecular weight is 264 g/mol. The van der Waals surface area contributed by atoms with Crippen molar-refractivity contribution in [3.05, 3.63) is 52.3 Å². The fraction of sp³-hybridized carbons (Fsp3) is 0.357. The molecule has 0 saturated carbocycles. The maximum absolute atomic E-state index is 6.37. The van der Waals surface area contributed by atoms with E-state index in [4.69, 9.17) is 17.3 Å². The molecule has 3 nitrogen and oxygen atoms in total. The van der Waals surface area contributed by atoms with Gasteiger partial charge in [0.25, 0.3) is 0 Å². The Morgan fingerprint density at radius 3 is 2.72 bits per heavy atom. The maximum atomic E-state index is 6.37. The first kappa shape index (κ1) is 13.1. The number of aryl methyl sites for hydroxylation is 2. The van der Waals surface area contributed by atoms with Crippen LogP contribution < -0.4 is 5.73 Å². The van der Waals surface area contributed by atoms with Crippen LogP contribution in [0.1, 0.15) is 36.7 Å². The predicted molar refractivity (Wildman–Crippen MR) is 74.8 cm³/mol. The Morgan fingerprint density at radius 1 is 1.33 bits per heavy atom. The van der Waals surface area contributed by atoms with Crippen LogP contribution in [0.25, 0.3) is 0 Å².